The number of nitrogen functional groups attached to an aromatic ring is 1. The summed E-state index contributed by atoms with van der Waals surface area (Å²) in [6, 6.07) is 5.35. The van der Waals surface area contributed by atoms with Gasteiger partial charge in [-0.1, -0.05) is 11.6 Å². The lowest BCUT2D eigenvalue weighted by molar-refractivity contribution is 0.111. The fourth-order valence-corrected chi connectivity index (χ4v) is 2.42. The van der Waals surface area contributed by atoms with Gasteiger partial charge in [0, 0.05) is 36.9 Å². The van der Waals surface area contributed by atoms with E-state index >= 15 is 0 Å². The van der Waals surface area contributed by atoms with Gasteiger partial charge in [-0.05, 0) is 23.8 Å². The summed E-state index contributed by atoms with van der Waals surface area (Å²) in [7, 11) is 0. The second-order valence-corrected chi connectivity index (χ2v) is 4.69. The minimum absolute atomic E-state index is 0. The molecule has 0 unspecified atom stereocenters. The summed E-state index contributed by atoms with van der Waals surface area (Å²) < 4.78 is 0. The molecule has 0 saturated carbocycles. The molecule has 0 aliphatic carbocycles. The predicted molar refractivity (Wildman–Crippen MR) is 77.4 cm³/mol. The van der Waals surface area contributed by atoms with Crippen molar-refractivity contribution in [1.29, 1.82) is 0 Å². The zero-order chi connectivity index (χ0) is 12.3. The zero-order valence-corrected chi connectivity index (χ0v) is 11.7. The van der Waals surface area contributed by atoms with Gasteiger partial charge in [0.15, 0.2) is 0 Å². The van der Waals surface area contributed by atoms with Gasteiger partial charge in [-0.15, -0.1) is 12.4 Å². The van der Waals surface area contributed by atoms with Crippen molar-refractivity contribution in [3.8, 4) is 0 Å². The second kappa shape index (κ2) is 7.16. The van der Waals surface area contributed by atoms with Gasteiger partial charge in [-0.3, -0.25) is 4.90 Å². The van der Waals surface area contributed by atoms with E-state index in [4.69, 9.17) is 17.3 Å². The van der Waals surface area contributed by atoms with E-state index in [0.717, 1.165) is 31.7 Å². The Morgan fingerprint density at radius 3 is 2.67 bits per heavy atom. The van der Waals surface area contributed by atoms with Gasteiger partial charge < -0.3 is 16.2 Å². The molecule has 1 aliphatic heterocycles. The Bertz CT molecular complexity index is 384. The Labute approximate surface area is 119 Å². The molecule has 0 aromatic heterocycles. The van der Waals surface area contributed by atoms with Crippen LogP contribution in [0, 0.1) is 0 Å². The molecule has 1 aromatic carbocycles. The van der Waals surface area contributed by atoms with Crippen LogP contribution in [-0.2, 0) is 0 Å². The van der Waals surface area contributed by atoms with Crippen LogP contribution in [0.4, 0.5) is 5.69 Å². The molecule has 0 bridgehead atoms. The van der Waals surface area contributed by atoms with Gasteiger partial charge in [-0.25, -0.2) is 0 Å². The van der Waals surface area contributed by atoms with Crippen molar-refractivity contribution in [2.24, 2.45) is 0 Å². The highest BCUT2D eigenvalue weighted by molar-refractivity contribution is 6.30. The number of halogens is 2. The summed E-state index contributed by atoms with van der Waals surface area (Å²) in [6.07, 6.45) is 0. The van der Waals surface area contributed by atoms with Crippen LogP contribution in [0.15, 0.2) is 18.2 Å². The number of nitrogens with zero attached hydrogens (tertiary/aromatic N) is 1. The Morgan fingerprint density at radius 1 is 1.39 bits per heavy atom. The van der Waals surface area contributed by atoms with Gasteiger partial charge in [0.25, 0.3) is 0 Å². The molecule has 2 rings (SSSR count). The van der Waals surface area contributed by atoms with Crippen molar-refractivity contribution in [1.82, 2.24) is 10.2 Å². The number of anilines is 1. The largest absolute Gasteiger partial charge is 0.398 e. The Balaban J connectivity index is 0.00000162. The maximum Gasteiger partial charge on any atom is 0.0629 e. The molecule has 1 aliphatic rings. The number of hydrogen-bond acceptors (Lipinski definition) is 4. The molecule has 102 valence electrons. The molecule has 1 fully saturated rings. The highest BCUT2D eigenvalue weighted by atomic mass is 35.5. The van der Waals surface area contributed by atoms with Crippen molar-refractivity contribution < 1.29 is 5.11 Å². The third-order valence-electron chi connectivity index (χ3n) is 3.17. The van der Waals surface area contributed by atoms with Crippen molar-refractivity contribution in [3.05, 3.63) is 28.8 Å². The monoisotopic (exact) mass is 291 g/mol. The first kappa shape index (κ1) is 15.5. The number of aliphatic hydroxyl groups is 1. The van der Waals surface area contributed by atoms with Crippen LogP contribution in [0.5, 0.6) is 0 Å². The molecule has 0 amide bonds. The van der Waals surface area contributed by atoms with E-state index in [1.807, 2.05) is 6.07 Å². The topological polar surface area (TPSA) is 61.5 Å². The second-order valence-electron chi connectivity index (χ2n) is 4.26. The lowest BCUT2D eigenvalue weighted by Gasteiger charge is -2.34. The smallest absolute Gasteiger partial charge is 0.0629 e. The lowest BCUT2D eigenvalue weighted by Crippen LogP contribution is -2.46. The number of aliphatic hydroxyl groups excluding tert-OH is 1. The van der Waals surface area contributed by atoms with Crippen LogP contribution >= 0.6 is 24.0 Å². The summed E-state index contributed by atoms with van der Waals surface area (Å²) in [5.41, 5.74) is 7.57. The van der Waals surface area contributed by atoms with E-state index < -0.39 is 0 Å². The van der Waals surface area contributed by atoms with Crippen LogP contribution in [-0.4, -0.2) is 42.8 Å². The van der Waals surface area contributed by atoms with Gasteiger partial charge in [0.05, 0.1) is 12.6 Å². The van der Waals surface area contributed by atoms with Crippen molar-refractivity contribution in [3.63, 3.8) is 0 Å². The average Bonchev–Trinajstić information content (AvgIpc) is 2.36. The fourth-order valence-electron chi connectivity index (χ4n) is 2.24. The highest BCUT2D eigenvalue weighted by Gasteiger charge is 2.23. The van der Waals surface area contributed by atoms with Crippen LogP contribution in [0.1, 0.15) is 11.6 Å². The summed E-state index contributed by atoms with van der Waals surface area (Å²) in [5, 5.41) is 13.5. The molecule has 6 heteroatoms. The molecule has 4 nitrogen and oxygen atoms in total. The molecular weight excluding hydrogens is 273 g/mol. The molecule has 4 N–H and O–H groups in total. The molecule has 1 heterocycles. The zero-order valence-electron chi connectivity index (χ0n) is 10.1. The van der Waals surface area contributed by atoms with E-state index in [1.165, 1.54) is 0 Å². The normalized spacial score (nSPS) is 18.1. The Kier molecular flexibility index (Phi) is 6.18. The first-order valence-corrected chi connectivity index (χ1v) is 6.20. The van der Waals surface area contributed by atoms with Crippen molar-refractivity contribution in [2.45, 2.75) is 6.04 Å². The van der Waals surface area contributed by atoms with E-state index in [2.05, 4.69) is 10.2 Å². The SMILES string of the molecule is Cl.Nc1ccc(Cl)cc1[C@@H](CO)N1CCNCC1. The van der Waals surface area contributed by atoms with Crippen molar-refractivity contribution >= 4 is 29.7 Å². The first-order chi connectivity index (χ1) is 8.22. The molecule has 1 atom stereocenters. The van der Waals surface area contributed by atoms with Crippen LogP contribution in [0.2, 0.25) is 5.02 Å². The molecule has 1 aromatic rings. The van der Waals surface area contributed by atoms with E-state index in [-0.39, 0.29) is 25.1 Å². The maximum absolute atomic E-state index is 9.59. The molecule has 0 spiro atoms. The molecule has 0 radical (unpaired) electrons. The summed E-state index contributed by atoms with van der Waals surface area (Å²) >= 11 is 5.99. The minimum Gasteiger partial charge on any atom is -0.398 e. The minimum atomic E-state index is -0.0594. The summed E-state index contributed by atoms with van der Waals surface area (Å²) in [5.74, 6) is 0. The fraction of sp³-hybridized carbons (Fsp3) is 0.500. The van der Waals surface area contributed by atoms with Gasteiger partial charge in [0.1, 0.15) is 0 Å². The van der Waals surface area contributed by atoms with Gasteiger partial charge in [-0.2, -0.15) is 0 Å². The molecular formula is C12H19Cl2N3O. The quantitative estimate of drug-likeness (QED) is 0.735. The third-order valence-corrected chi connectivity index (χ3v) is 3.41. The molecule has 18 heavy (non-hydrogen) atoms. The highest BCUT2D eigenvalue weighted by Crippen LogP contribution is 2.28. The number of nitrogens with one attached hydrogen (secondary N) is 1. The maximum atomic E-state index is 9.59. The lowest BCUT2D eigenvalue weighted by atomic mass is 10.0. The van der Waals surface area contributed by atoms with Crippen LogP contribution < -0.4 is 11.1 Å². The number of piperazine rings is 1. The summed E-state index contributed by atoms with van der Waals surface area (Å²) in [4.78, 5) is 2.23. The van der Waals surface area contributed by atoms with E-state index in [1.54, 1.807) is 12.1 Å². The van der Waals surface area contributed by atoms with Gasteiger partial charge >= 0.3 is 0 Å². The van der Waals surface area contributed by atoms with Gasteiger partial charge in [0.2, 0.25) is 0 Å². The third kappa shape index (κ3) is 3.49. The van der Waals surface area contributed by atoms with Crippen molar-refractivity contribution in [2.75, 3.05) is 38.5 Å². The van der Waals surface area contributed by atoms with E-state index in [0.29, 0.717) is 10.7 Å². The molecule has 1 saturated heterocycles. The van der Waals surface area contributed by atoms with E-state index in [9.17, 15) is 5.11 Å². The summed E-state index contributed by atoms with van der Waals surface area (Å²) in [6.45, 7) is 3.77. The van der Waals surface area contributed by atoms with Crippen LogP contribution in [0.25, 0.3) is 0 Å². The average molecular weight is 292 g/mol. The number of rotatable bonds is 3. The van der Waals surface area contributed by atoms with Crippen LogP contribution in [0.3, 0.4) is 0 Å². The predicted octanol–water partition coefficient (Wildman–Crippen LogP) is 1.28. The standard InChI is InChI=1S/C12H18ClN3O.ClH/c13-9-1-2-11(14)10(7-9)12(8-17)16-5-3-15-4-6-16;/h1-2,7,12,15,17H,3-6,8,14H2;1H/t12-;/m1./s1. The Hall–Kier alpha value is -0.520. The number of nitrogens with two attached hydrogens (primary N) is 1. The number of benzene rings is 1. The Morgan fingerprint density at radius 2 is 2.06 bits per heavy atom. The first-order valence-electron chi connectivity index (χ1n) is 5.83. The number of hydrogen-bond donors (Lipinski definition) is 3.